The van der Waals surface area contributed by atoms with E-state index in [0.29, 0.717) is 17.0 Å². The molecule has 26 heavy (non-hydrogen) atoms. The van der Waals surface area contributed by atoms with Crippen LogP contribution < -0.4 is 4.74 Å². The average Bonchev–Trinajstić information content (AvgIpc) is 3.26. The van der Waals surface area contributed by atoms with Gasteiger partial charge in [-0.25, -0.2) is 9.78 Å². The van der Waals surface area contributed by atoms with Crippen LogP contribution in [0.2, 0.25) is 0 Å². The van der Waals surface area contributed by atoms with Crippen LogP contribution in [-0.2, 0) is 18.4 Å². The minimum atomic E-state index is -0.490. The molecule has 0 N–H and O–H groups in total. The van der Waals surface area contributed by atoms with Crippen molar-refractivity contribution in [1.82, 2.24) is 9.55 Å². The largest absolute Gasteiger partial charge is 0.497 e. The van der Waals surface area contributed by atoms with Gasteiger partial charge in [0, 0.05) is 29.8 Å². The van der Waals surface area contributed by atoms with E-state index in [-0.39, 0.29) is 12.4 Å². The maximum atomic E-state index is 12.2. The monoisotopic (exact) mass is 370 g/mol. The Bertz CT molecular complexity index is 958. The summed E-state index contributed by atoms with van der Waals surface area (Å²) in [6.07, 6.45) is 1.61. The number of methoxy groups -OCH3 is 1. The molecule has 0 bridgehead atoms. The Kier molecular flexibility index (Phi) is 5.18. The summed E-state index contributed by atoms with van der Waals surface area (Å²) in [5, 5.41) is 2.68. The van der Waals surface area contributed by atoms with Crippen molar-refractivity contribution in [2.75, 3.05) is 7.11 Å². The van der Waals surface area contributed by atoms with Gasteiger partial charge in [0.25, 0.3) is 0 Å². The first-order valence-corrected chi connectivity index (χ1v) is 8.79. The Hall–Kier alpha value is -2.93. The highest BCUT2D eigenvalue weighted by Gasteiger charge is 2.16. The minimum absolute atomic E-state index is 0.0693. The van der Waals surface area contributed by atoms with Gasteiger partial charge >= 0.3 is 5.97 Å². The number of carbonyl (C=O) groups is 2. The molecule has 0 saturated carbocycles. The fourth-order valence-electron chi connectivity index (χ4n) is 2.44. The molecule has 6 nitrogen and oxygen atoms in total. The van der Waals surface area contributed by atoms with E-state index in [1.54, 1.807) is 24.9 Å². The molecule has 2 heterocycles. The molecule has 3 rings (SSSR count). The molecule has 0 aliphatic rings. The summed E-state index contributed by atoms with van der Waals surface area (Å²) in [7, 11) is 3.32. The van der Waals surface area contributed by atoms with Crippen LogP contribution in [-0.4, -0.2) is 28.4 Å². The van der Waals surface area contributed by atoms with Crippen molar-refractivity contribution in [3.63, 3.8) is 0 Å². The fraction of sp³-hybridized carbons (Fsp3) is 0.211. The number of carbonyl (C=O) groups excluding carboxylic acids is 2. The van der Waals surface area contributed by atoms with Gasteiger partial charge in [0.05, 0.1) is 12.8 Å². The van der Waals surface area contributed by atoms with Gasteiger partial charge in [0.1, 0.15) is 23.1 Å². The second-order valence-electron chi connectivity index (χ2n) is 5.73. The molecule has 2 aromatic heterocycles. The van der Waals surface area contributed by atoms with Crippen molar-refractivity contribution in [1.29, 1.82) is 0 Å². The molecular weight excluding hydrogens is 352 g/mol. The van der Waals surface area contributed by atoms with Gasteiger partial charge < -0.3 is 14.0 Å². The molecule has 0 saturated heterocycles. The van der Waals surface area contributed by atoms with Crippen LogP contribution in [0.3, 0.4) is 0 Å². The molecule has 7 heteroatoms. The van der Waals surface area contributed by atoms with Gasteiger partial charge in [0.15, 0.2) is 5.78 Å². The van der Waals surface area contributed by atoms with Gasteiger partial charge in [-0.15, -0.1) is 11.3 Å². The van der Waals surface area contributed by atoms with Gasteiger partial charge in [-0.05, 0) is 25.1 Å². The lowest BCUT2D eigenvalue weighted by Gasteiger charge is -2.04. The number of esters is 1. The molecule has 0 unspecified atom stereocenters. The third-order valence-electron chi connectivity index (χ3n) is 3.84. The number of aryl methyl sites for hydroxylation is 1. The summed E-state index contributed by atoms with van der Waals surface area (Å²) in [4.78, 5) is 28.2. The topological polar surface area (TPSA) is 70.4 Å². The summed E-state index contributed by atoms with van der Waals surface area (Å²) in [6, 6.07) is 9.16. The molecule has 0 amide bonds. The van der Waals surface area contributed by atoms with Crippen molar-refractivity contribution in [3.05, 3.63) is 58.9 Å². The Morgan fingerprint density at radius 2 is 2.08 bits per heavy atom. The molecule has 0 aliphatic carbocycles. The molecule has 3 aromatic rings. The second-order valence-corrected chi connectivity index (χ2v) is 6.59. The first kappa shape index (κ1) is 17.9. The Morgan fingerprint density at radius 1 is 1.27 bits per heavy atom. The Balaban J connectivity index is 1.68. The van der Waals surface area contributed by atoms with Crippen molar-refractivity contribution >= 4 is 23.1 Å². The summed E-state index contributed by atoms with van der Waals surface area (Å²) >= 11 is 1.47. The predicted molar refractivity (Wildman–Crippen MR) is 98.6 cm³/mol. The fourth-order valence-corrected chi connectivity index (χ4v) is 3.24. The van der Waals surface area contributed by atoms with Gasteiger partial charge in [-0.1, -0.05) is 12.1 Å². The van der Waals surface area contributed by atoms with Crippen LogP contribution in [0, 0.1) is 0 Å². The van der Waals surface area contributed by atoms with Crippen LogP contribution >= 0.6 is 11.3 Å². The average molecular weight is 370 g/mol. The number of ether oxygens (including phenoxy) is 2. The standard InChI is InChI=1S/C19H18N2O4S/c1-12(22)14-8-17(21(2)9-14)19(23)25-10-15-11-26-18(20-15)13-5-4-6-16(7-13)24-3/h4-9,11H,10H2,1-3H3. The first-order valence-electron chi connectivity index (χ1n) is 7.91. The molecule has 1 aromatic carbocycles. The van der Waals surface area contributed by atoms with E-state index >= 15 is 0 Å². The number of ketones is 1. The number of hydrogen-bond donors (Lipinski definition) is 0. The smallest absolute Gasteiger partial charge is 0.355 e. The van der Waals surface area contributed by atoms with E-state index in [0.717, 1.165) is 16.3 Å². The van der Waals surface area contributed by atoms with Crippen molar-refractivity contribution < 1.29 is 19.1 Å². The lowest BCUT2D eigenvalue weighted by molar-refractivity contribution is 0.0457. The highest BCUT2D eigenvalue weighted by molar-refractivity contribution is 7.13. The van der Waals surface area contributed by atoms with Crippen molar-refractivity contribution in [2.24, 2.45) is 7.05 Å². The van der Waals surface area contributed by atoms with Gasteiger partial charge in [-0.2, -0.15) is 0 Å². The Morgan fingerprint density at radius 3 is 2.77 bits per heavy atom. The summed E-state index contributed by atoms with van der Waals surface area (Å²) in [5.41, 5.74) is 2.43. The SMILES string of the molecule is COc1cccc(-c2nc(COC(=O)c3cc(C(C)=O)cn3C)cs2)c1. The number of rotatable bonds is 6. The zero-order valence-electron chi connectivity index (χ0n) is 14.7. The summed E-state index contributed by atoms with van der Waals surface area (Å²) < 4.78 is 12.1. The number of aromatic nitrogens is 2. The maximum absolute atomic E-state index is 12.2. The number of hydrogen-bond acceptors (Lipinski definition) is 6. The van der Waals surface area contributed by atoms with Crippen LogP contribution in [0.1, 0.15) is 33.5 Å². The highest BCUT2D eigenvalue weighted by Crippen LogP contribution is 2.27. The van der Waals surface area contributed by atoms with E-state index in [9.17, 15) is 9.59 Å². The lowest BCUT2D eigenvalue weighted by Crippen LogP contribution is -2.09. The van der Waals surface area contributed by atoms with E-state index in [4.69, 9.17) is 9.47 Å². The summed E-state index contributed by atoms with van der Waals surface area (Å²) in [5.74, 6) is 0.175. The van der Waals surface area contributed by atoms with Crippen LogP contribution in [0.25, 0.3) is 10.6 Å². The number of thiazole rings is 1. The molecule has 0 atom stereocenters. The molecule has 0 spiro atoms. The van der Waals surface area contributed by atoms with E-state index in [1.807, 2.05) is 29.6 Å². The van der Waals surface area contributed by atoms with Crippen molar-refractivity contribution in [2.45, 2.75) is 13.5 Å². The quantitative estimate of drug-likeness (QED) is 0.489. The van der Waals surface area contributed by atoms with Gasteiger partial charge in [0.2, 0.25) is 0 Å². The molecule has 0 fully saturated rings. The Labute approximate surface area is 155 Å². The number of Topliss-reactive ketones (excluding diaryl/α,β-unsaturated/α-hetero) is 1. The normalized spacial score (nSPS) is 10.6. The van der Waals surface area contributed by atoms with Gasteiger partial charge in [-0.3, -0.25) is 4.79 Å². The highest BCUT2D eigenvalue weighted by atomic mass is 32.1. The van der Waals surface area contributed by atoms with E-state index in [2.05, 4.69) is 4.98 Å². The van der Waals surface area contributed by atoms with Crippen LogP contribution in [0.5, 0.6) is 5.75 Å². The molecular formula is C19H18N2O4S. The van der Waals surface area contributed by atoms with Crippen LogP contribution in [0.15, 0.2) is 41.9 Å². The first-order chi connectivity index (χ1) is 12.5. The number of benzene rings is 1. The third-order valence-corrected chi connectivity index (χ3v) is 4.78. The molecule has 0 radical (unpaired) electrons. The van der Waals surface area contributed by atoms with E-state index in [1.165, 1.54) is 24.3 Å². The van der Waals surface area contributed by atoms with Crippen LogP contribution in [0.4, 0.5) is 0 Å². The zero-order chi connectivity index (χ0) is 18.7. The number of nitrogens with zero attached hydrogens (tertiary/aromatic N) is 2. The van der Waals surface area contributed by atoms with Crippen molar-refractivity contribution in [3.8, 4) is 16.3 Å². The minimum Gasteiger partial charge on any atom is -0.497 e. The zero-order valence-corrected chi connectivity index (χ0v) is 15.5. The summed E-state index contributed by atoms with van der Waals surface area (Å²) in [6.45, 7) is 1.53. The third kappa shape index (κ3) is 3.83. The second kappa shape index (κ2) is 7.53. The maximum Gasteiger partial charge on any atom is 0.355 e. The van der Waals surface area contributed by atoms with E-state index < -0.39 is 5.97 Å². The predicted octanol–water partition coefficient (Wildman–Crippen LogP) is 3.72. The lowest BCUT2D eigenvalue weighted by atomic mass is 10.2. The molecule has 134 valence electrons. The molecule has 0 aliphatic heterocycles.